The monoisotopic (exact) mass is 538 g/mol. The number of aromatic nitrogens is 1. The second-order valence-corrected chi connectivity index (χ2v) is 10.3. The van der Waals surface area contributed by atoms with Gasteiger partial charge in [-0.3, -0.25) is 4.79 Å². The SMILES string of the molecule is Nc1ncc(-c2ccc(C(=O)N3CCC(N4CCCC4)CC3)cc2)cc1OCCCc1cc(F)c(F)cc1F. The molecule has 2 saturated heterocycles. The van der Waals surface area contributed by atoms with Crippen molar-refractivity contribution in [2.75, 3.05) is 38.5 Å². The number of nitrogens with zero attached hydrogens (tertiary/aromatic N) is 3. The van der Waals surface area contributed by atoms with Crippen molar-refractivity contribution in [3.05, 3.63) is 77.2 Å². The van der Waals surface area contributed by atoms with Crippen molar-refractivity contribution < 1.29 is 22.7 Å². The summed E-state index contributed by atoms with van der Waals surface area (Å²) in [5.74, 6) is -2.44. The number of rotatable bonds is 8. The molecule has 5 rings (SSSR count). The highest BCUT2D eigenvalue weighted by Gasteiger charge is 2.28. The fourth-order valence-corrected chi connectivity index (χ4v) is 5.46. The molecule has 1 amide bonds. The quantitative estimate of drug-likeness (QED) is 0.305. The number of benzene rings is 2. The van der Waals surface area contributed by atoms with Gasteiger partial charge in [-0.05, 0) is 87.0 Å². The zero-order valence-electron chi connectivity index (χ0n) is 21.8. The van der Waals surface area contributed by atoms with Crippen LogP contribution in [0.2, 0.25) is 0 Å². The van der Waals surface area contributed by atoms with Crippen LogP contribution in [0.25, 0.3) is 11.1 Å². The van der Waals surface area contributed by atoms with Gasteiger partial charge in [-0.1, -0.05) is 12.1 Å². The van der Waals surface area contributed by atoms with E-state index in [0.29, 0.717) is 29.8 Å². The number of nitrogen functional groups attached to an aromatic ring is 1. The van der Waals surface area contributed by atoms with Gasteiger partial charge in [-0.25, -0.2) is 18.2 Å². The molecule has 0 saturated carbocycles. The number of hydrogen-bond donors (Lipinski definition) is 1. The molecule has 0 atom stereocenters. The number of carbonyl (C=O) groups is 1. The van der Waals surface area contributed by atoms with Gasteiger partial charge in [-0.2, -0.15) is 0 Å². The summed E-state index contributed by atoms with van der Waals surface area (Å²) in [6.45, 7) is 4.13. The number of nitrogens with two attached hydrogens (primary N) is 1. The van der Waals surface area contributed by atoms with E-state index in [2.05, 4.69) is 9.88 Å². The average molecular weight is 539 g/mol. The van der Waals surface area contributed by atoms with E-state index in [1.165, 1.54) is 25.9 Å². The highest BCUT2D eigenvalue weighted by molar-refractivity contribution is 5.94. The molecule has 0 aliphatic carbocycles. The van der Waals surface area contributed by atoms with Gasteiger partial charge < -0.3 is 20.3 Å². The Morgan fingerprint density at radius 2 is 1.62 bits per heavy atom. The Morgan fingerprint density at radius 1 is 0.923 bits per heavy atom. The first-order valence-electron chi connectivity index (χ1n) is 13.5. The van der Waals surface area contributed by atoms with Crippen molar-refractivity contribution in [1.82, 2.24) is 14.8 Å². The minimum atomic E-state index is -1.21. The summed E-state index contributed by atoms with van der Waals surface area (Å²) in [5.41, 5.74) is 8.35. The van der Waals surface area contributed by atoms with Crippen LogP contribution in [0, 0.1) is 17.5 Å². The molecule has 3 aromatic rings. The molecule has 0 spiro atoms. The lowest BCUT2D eigenvalue weighted by molar-refractivity contribution is 0.0644. The molecule has 2 aliphatic heterocycles. The van der Waals surface area contributed by atoms with E-state index in [0.717, 1.165) is 43.1 Å². The third kappa shape index (κ3) is 6.36. The summed E-state index contributed by atoms with van der Waals surface area (Å²) in [5, 5.41) is 0. The van der Waals surface area contributed by atoms with Crippen molar-refractivity contribution in [1.29, 1.82) is 0 Å². The van der Waals surface area contributed by atoms with Gasteiger partial charge >= 0.3 is 0 Å². The lowest BCUT2D eigenvalue weighted by Gasteiger charge is -2.36. The fourth-order valence-electron chi connectivity index (χ4n) is 5.46. The zero-order chi connectivity index (χ0) is 27.4. The average Bonchev–Trinajstić information content (AvgIpc) is 3.50. The number of anilines is 1. The highest BCUT2D eigenvalue weighted by atomic mass is 19.2. The van der Waals surface area contributed by atoms with Crippen molar-refractivity contribution >= 4 is 11.7 Å². The summed E-state index contributed by atoms with van der Waals surface area (Å²) < 4.78 is 46.1. The van der Waals surface area contributed by atoms with Crippen molar-refractivity contribution in [3.63, 3.8) is 0 Å². The summed E-state index contributed by atoms with van der Waals surface area (Å²) in [7, 11) is 0. The van der Waals surface area contributed by atoms with Gasteiger partial charge in [0.25, 0.3) is 5.91 Å². The van der Waals surface area contributed by atoms with Crippen molar-refractivity contribution in [3.8, 4) is 16.9 Å². The smallest absolute Gasteiger partial charge is 0.253 e. The molecule has 9 heteroatoms. The lowest BCUT2D eigenvalue weighted by atomic mass is 10.0. The van der Waals surface area contributed by atoms with Gasteiger partial charge in [0, 0.05) is 42.5 Å². The number of aryl methyl sites for hydroxylation is 1. The molecule has 0 unspecified atom stereocenters. The van der Waals surface area contributed by atoms with Crippen LogP contribution in [0.1, 0.15) is 48.0 Å². The molecule has 2 fully saturated rings. The predicted molar refractivity (Wildman–Crippen MR) is 144 cm³/mol. The third-order valence-corrected chi connectivity index (χ3v) is 7.69. The molecule has 0 bridgehead atoms. The number of ether oxygens (including phenoxy) is 1. The van der Waals surface area contributed by atoms with Crippen molar-refractivity contribution in [2.45, 2.75) is 44.6 Å². The van der Waals surface area contributed by atoms with Crippen LogP contribution in [0.15, 0.2) is 48.7 Å². The molecule has 6 nitrogen and oxygen atoms in total. The van der Waals surface area contributed by atoms with Crippen LogP contribution in [-0.2, 0) is 6.42 Å². The van der Waals surface area contributed by atoms with Crippen molar-refractivity contribution in [2.24, 2.45) is 0 Å². The van der Waals surface area contributed by atoms with Crippen LogP contribution in [0.5, 0.6) is 5.75 Å². The number of piperidine rings is 1. The molecular formula is C30H33F3N4O2. The van der Waals surface area contributed by atoms with Gasteiger partial charge in [0.05, 0.1) is 6.61 Å². The lowest BCUT2D eigenvalue weighted by Crippen LogP contribution is -2.45. The molecule has 2 aliphatic rings. The first-order valence-corrected chi connectivity index (χ1v) is 13.5. The fraction of sp³-hybridized carbons (Fsp3) is 0.400. The minimum absolute atomic E-state index is 0.0540. The standard InChI is InChI=1S/C30H33F3N4O2/c31-25-18-27(33)26(32)16-22(25)4-3-15-39-28-17-23(19-35-29(28)34)20-5-7-21(8-6-20)30(38)37-13-9-24(10-14-37)36-11-1-2-12-36/h5-8,16-19,24H,1-4,9-15H2,(H2,34,35). The maximum absolute atomic E-state index is 13.8. The van der Waals surface area contributed by atoms with E-state index in [-0.39, 0.29) is 30.3 Å². The van der Waals surface area contributed by atoms with E-state index < -0.39 is 17.5 Å². The number of pyridine rings is 1. The molecule has 2 aromatic carbocycles. The van der Waals surface area contributed by atoms with Crippen LogP contribution in [0.3, 0.4) is 0 Å². The van der Waals surface area contributed by atoms with Crippen LogP contribution >= 0.6 is 0 Å². The van der Waals surface area contributed by atoms with E-state index in [1.54, 1.807) is 12.3 Å². The Bertz CT molecular complexity index is 1300. The Balaban J connectivity index is 1.16. The number of halogens is 3. The Hall–Kier alpha value is -3.59. The van der Waals surface area contributed by atoms with Gasteiger partial charge in [0.1, 0.15) is 5.82 Å². The van der Waals surface area contributed by atoms with E-state index >= 15 is 0 Å². The number of hydrogen-bond acceptors (Lipinski definition) is 5. The van der Waals surface area contributed by atoms with Crippen LogP contribution in [0.4, 0.5) is 19.0 Å². The zero-order valence-corrected chi connectivity index (χ0v) is 21.8. The predicted octanol–water partition coefficient (Wildman–Crippen LogP) is 5.46. The first kappa shape index (κ1) is 27.0. The number of carbonyl (C=O) groups excluding carboxylic acids is 1. The summed E-state index contributed by atoms with van der Waals surface area (Å²) >= 11 is 0. The molecule has 206 valence electrons. The Morgan fingerprint density at radius 3 is 2.33 bits per heavy atom. The normalized spacial score (nSPS) is 16.5. The molecule has 1 aromatic heterocycles. The Labute approximate surface area is 226 Å². The Kier molecular flexibility index (Phi) is 8.35. The summed E-state index contributed by atoms with van der Waals surface area (Å²) in [6, 6.07) is 11.2. The maximum atomic E-state index is 13.8. The number of amides is 1. The van der Waals surface area contributed by atoms with E-state index in [4.69, 9.17) is 10.5 Å². The van der Waals surface area contributed by atoms with Gasteiger partial charge in [0.2, 0.25) is 0 Å². The van der Waals surface area contributed by atoms with Crippen LogP contribution in [-0.4, -0.2) is 59.5 Å². The van der Waals surface area contributed by atoms with E-state index in [1.807, 2.05) is 29.2 Å². The van der Waals surface area contributed by atoms with Gasteiger partial charge in [0.15, 0.2) is 23.2 Å². The van der Waals surface area contributed by atoms with E-state index in [9.17, 15) is 18.0 Å². The second-order valence-electron chi connectivity index (χ2n) is 10.3. The largest absolute Gasteiger partial charge is 0.490 e. The minimum Gasteiger partial charge on any atom is -0.490 e. The third-order valence-electron chi connectivity index (χ3n) is 7.69. The highest BCUT2D eigenvalue weighted by Crippen LogP contribution is 2.28. The summed E-state index contributed by atoms with van der Waals surface area (Å²) in [4.78, 5) is 21.8. The molecule has 0 radical (unpaired) electrons. The topological polar surface area (TPSA) is 71.7 Å². The molecule has 3 heterocycles. The van der Waals surface area contributed by atoms with Gasteiger partial charge in [-0.15, -0.1) is 0 Å². The van der Waals surface area contributed by atoms with Crippen LogP contribution < -0.4 is 10.5 Å². The molecule has 2 N–H and O–H groups in total. The molecular weight excluding hydrogens is 505 g/mol. The summed E-state index contributed by atoms with van der Waals surface area (Å²) in [6.07, 6.45) is 6.81. The second kappa shape index (κ2) is 12.1. The maximum Gasteiger partial charge on any atom is 0.253 e. The number of likely N-dealkylation sites (tertiary alicyclic amines) is 2. The first-order chi connectivity index (χ1) is 18.9. The molecule has 39 heavy (non-hydrogen) atoms.